The minimum Gasteiger partial charge on any atom is -0.356 e. The van der Waals surface area contributed by atoms with Crippen LogP contribution in [-0.4, -0.2) is 47.0 Å². The predicted octanol–water partition coefficient (Wildman–Crippen LogP) is 5.30. The third kappa shape index (κ3) is 5.15. The van der Waals surface area contributed by atoms with Crippen LogP contribution < -0.4 is 15.5 Å². The summed E-state index contributed by atoms with van der Waals surface area (Å²) in [5.41, 5.74) is 2.31. The molecule has 0 radical (unpaired) electrons. The highest BCUT2D eigenvalue weighted by atomic mass is 32.2. The fraction of sp³-hybridized carbons (Fsp3) is 0.500. The Morgan fingerprint density at radius 2 is 2.00 bits per heavy atom. The number of benzene rings is 1. The molecule has 1 aliphatic rings. The number of nitrogens with one attached hydrogen (secondary N) is 2. The molecular formula is C24H34N6S. The third-order valence-electron chi connectivity index (χ3n) is 6.07. The molecule has 0 atom stereocenters. The van der Waals surface area contributed by atoms with E-state index < -0.39 is 0 Å². The number of aromatic nitrogens is 3. The van der Waals surface area contributed by atoms with Crippen molar-refractivity contribution in [2.75, 3.05) is 42.7 Å². The maximum Gasteiger partial charge on any atom is 0.191 e. The van der Waals surface area contributed by atoms with Crippen LogP contribution >= 0.6 is 11.8 Å². The average Bonchev–Trinajstić information content (AvgIpc) is 3.21. The molecule has 0 amide bonds. The standard InChI is InChI=1S/C24H34N6S/c1-5-29(16-18-8-11-25-12-9-18)23-15-22(27-24(28-23)31-4)26-20-6-7-21-19(14-20)10-13-30(21)17(2)3/h6-7,10,13-15,17-18,25H,5,8-9,11-12,16H2,1-4H3,(H,26,27,28). The Morgan fingerprint density at radius 3 is 2.71 bits per heavy atom. The number of thioether (sulfide) groups is 1. The monoisotopic (exact) mass is 438 g/mol. The molecule has 3 heterocycles. The molecular weight excluding hydrogens is 404 g/mol. The van der Waals surface area contributed by atoms with Gasteiger partial charge in [0.05, 0.1) is 0 Å². The zero-order chi connectivity index (χ0) is 21.8. The van der Waals surface area contributed by atoms with Crippen molar-refractivity contribution >= 4 is 40.0 Å². The van der Waals surface area contributed by atoms with E-state index in [0.29, 0.717) is 6.04 Å². The molecule has 0 unspecified atom stereocenters. The Bertz CT molecular complexity index is 1010. The van der Waals surface area contributed by atoms with Crippen molar-refractivity contribution in [1.29, 1.82) is 0 Å². The quantitative estimate of drug-likeness (QED) is 0.367. The zero-order valence-corrected chi connectivity index (χ0v) is 19.9. The van der Waals surface area contributed by atoms with Gasteiger partial charge >= 0.3 is 0 Å². The van der Waals surface area contributed by atoms with Gasteiger partial charge in [-0.05, 0) is 83.1 Å². The lowest BCUT2D eigenvalue weighted by Gasteiger charge is -2.30. The Kier molecular flexibility index (Phi) is 7.02. The molecule has 2 N–H and O–H groups in total. The predicted molar refractivity (Wildman–Crippen MR) is 133 cm³/mol. The highest BCUT2D eigenvalue weighted by Gasteiger charge is 2.18. The molecule has 7 heteroatoms. The van der Waals surface area contributed by atoms with Gasteiger partial charge in [0, 0.05) is 48.0 Å². The van der Waals surface area contributed by atoms with Gasteiger partial charge in [-0.2, -0.15) is 0 Å². The van der Waals surface area contributed by atoms with Crippen molar-refractivity contribution in [2.45, 2.75) is 44.8 Å². The molecule has 4 rings (SSSR count). The summed E-state index contributed by atoms with van der Waals surface area (Å²) in [4.78, 5) is 11.9. The highest BCUT2D eigenvalue weighted by molar-refractivity contribution is 7.98. The van der Waals surface area contributed by atoms with Gasteiger partial charge in [-0.1, -0.05) is 11.8 Å². The van der Waals surface area contributed by atoms with Crippen LogP contribution in [0.5, 0.6) is 0 Å². The summed E-state index contributed by atoms with van der Waals surface area (Å²) in [6, 6.07) is 11.2. The van der Waals surface area contributed by atoms with E-state index in [1.54, 1.807) is 11.8 Å². The lowest BCUT2D eigenvalue weighted by molar-refractivity contribution is 0.374. The second-order valence-electron chi connectivity index (χ2n) is 8.55. The van der Waals surface area contributed by atoms with Crippen molar-refractivity contribution in [3.8, 4) is 0 Å². The summed E-state index contributed by atoms with van der Waals surface area (Å²) in [6.45, 7) is 10.9. The molecule has 1 aliphatic heterocycles. The highest BCUT2D eigenvalue weighted by Crippen LogP contribution is 2.28. The molecule has 0 bridgehead atoms. The minimum atomic E-state index is 0.449. The van der Waals surface area contributed by atoms with Gasteiger partial charge in [0.15, 0.2) is 5.16 Å². The topological polar surface area (TPSA) is 58.0 Å². The van der Waals surface area contributed by atoms with Crippen molar-refractivity contribution < 1.29 is 0 Å². The van der Waals surface area contributed by atoms with Crippen LogP contribution in [0.4, 0.5) is 17.3 Å². The van der Waals surface area contributed by atoms with E-state index in [9.17, 15) is 0 Å². The first-order valence-electron chi connectivity index (χ1n) is 11.3. The molecule has 0 spiro atoms. The SMILES string of the molecule is CCN(CC1CCNCC1)c1cc(Nc2ccc3c(ccn3C(C)C)c2)nc(SC)n1. The van der Waals surface area contributed by atoms with Crippen molar-refractivity contribution in [1.82, 2.24) is 19.9 Å². The summed E-state index contributed by atoms with van der Waals surface area (Å²) >= 11 is 1.59. The summed E-state index contributed by atoms with van der Waals surface area (Å²) in [7, 11) is 0. The molecule has 2 aromatic heterocycles. The average molecular weight is 439 g/mol. The lowest BCUT2D eigenvalue weighted by atomic mass is 9.97. The number of hydrogen-bond donors (Lipinski definition) is 2. The molecule has 3 aromatic rings. The fourth-order valence-corrected chi connectivity index (χ4v) is 4.71. The molecule has 1 aromatic carbocycles. The normalized spacial score (nSPS) is 15.0. The fourth-order valence-electron chi connectivity index (χ4n) is 4.33. The smallest absolute Gasteiger partial charge is 0.191 e. The van der Waals surface area contributed by atoms with Crippen LogP contribution in [0.25, 0.3) is 10.9 Å². The Morgan fingerprint density at radius 1 is 1.19 bits per heavy atom. The molecule has 1 fully saturated rings. The van der Waals surface area contributed by atoms with Gasteiger partial charge in [0.2, 0.25) is 0 Å². The minimum absolute atomic E-state index is 0.449. The number of nitrogens with zero attached hydrogens (tertiary/aromatic N) is 4. The van der Waals surface area contributed by atoms with Crippen LogP contribution in [-0.2, 0) is 0 Å². The van der Waals surface area contributed by atoms with Gasteiger partial charge in [-0.25, -0.2) is 9.97 Å². The van der Waals surface area contributed by atoms with Crippen LogP contribution in [0.15, 0.2) is 41.7 Å². The van der Waals surface area contributed by atoms with E-state index in [-0.39, 0.29) is 0 Å². The number of rotatable bonds is 8. The second kappa shape index (κ2) is 9.92. The van der Waals surface area contributed by atoms with Gasteiger partial charge in [0.1, 0.15) is 11.6 Å². The molecule has 0 saturated carbocycles. The molecule has 0 aliphatic carbocycles. The summed E-state index contributed by atoms with van der Waals surface area (Å²) in [5, 5.41) is 9.02. The Labute approximate surface area is 189 Å². The molecule has 166 valence electrons. The Hall–Kier alpha value is -2.25. The van der Waals surface area contributed by atoms with E-state index in [2.05, 4.69) is 77.4 Å². The molecule has 31 heavy (non-hydrogen) atoms. The summed E-state index contributed by atoms with van der Waals surface area (Å²) < 4.78 is 2.30. The maximum absolute atomic E-state index is 4.82. The van der Waals surface area contributed by atoms with E-state index in [1.165, 1.54) is 23.7 Å². The number of piperidine rings is 1. The van der Waals surface area contributed by atoms with Crippen LogP contribution in [0.2, 0.25) is 0 Å². The van der Waals surface area contributed by atoms with Crippen LogP contribution in [0, 0.1) is 5.92 Å². The first kappa shape index (κ1) is 22.0. The third-order valence-corrected chi connectivity index (χ3v) is 6.61. The summed E-state index contributed by atoms with van der Waals surface area (Å²) in [5.74, 6) is 2.58. The van der Waals surface area contributed by atoms with Crippen molar-refractivity contribution in [3.05, 3.63) is 36.5 Å². The molecule has 6 nitrogen and oxygen atoms in total. The van der Waals surface area contributed by atoms with Gasteiger partial charge in [-0.15, -0.1) is 0 Å². The van der Waals surface area contributed by atoms with E-state index >= 15 is 0 Å². The lowest BCUT2D eigenvalue weighted by Crippen LogP contribution is -2.36. The van der Waals surface area contributed by atoms with E-state index in [1.807, 2.05) is 6.26 Å². The van der Waals surface area contributed by atoms with Gasteiger partial charge in [0.25, 0.3) is 0 Å². The first-order chi connectivity index (χ1) is 15.1. The zero-order valence-electron chi connectivity index (χ0n) is 19.1. The van der Waals surface area contributed by atoms with E-state index in [0.717, 1.165) is 54.6 Å². The largest absolute Gasteiger partial charge is 0.356 e. The maximum atomic E-state index is 4.82. The second-order valence-corrected chi connectivity index (χ2v) is 9.32. The number of hydrogen-bond acceptors (Lipinski definition) is 6. The van der Waals surface area contributed by atoms with E-state index in [4.69, 9.17) is 9.97 Å². The van der Waals surface area contributed by atoms with Crippen molar-refractivity contribution in [2.24, 2.45) is 5.92 Å². The van der Waals surface area contributed by atoms with Crippen molar-refractivity contribution in [3.63, 3.8) is 0 Å². The molecule has 1 saturated heterocycles. The first-order valence-corrected chi connectivity index (χ1v) is 12.6. The number of anilines is 3. The van der Waals surface area contributed by atoms with Crippen LogP contribution in [0.3, 0.4) is 0 Å². The van der Waals surface area contributed by atoms with Gasteiger partial charge < -0.3 is 20.1 Å². The Balaban J connectivity index is 1.57. The number of fused-ring (bicyclic) bond motifs is 1. The van der Waals surface area contributed by atoms with Gasteiger partial charge in [-0.3, -0.25) is 0 Å². The summed E-state index contributed by atoms with van der Waals surface area (Å²) in [6.07, 6.45) is 6.66. The van der Waals surface area contributed by atoms with Crippen LogP contribution in [0.1, 0.15) is 39.7 Å².